The molecule has 0 aromatic carbocycles. The molecule has 0 amide bonds. The van der Waals surface area contributed by atoms with Gasteiger partial charge in [0, 0.05) is 11.1 Å². The van der Waals surface area contributed by atoms with Crippen LogP contribution < -0.4 is 4.72 Å². The second kappa shape index (κ2) is 4.81. The topological polar surface area (TPSA) is 66.4 Å². The van der Waals surface area contributed by atoms with Gasteiger partial charge in [-0.15, -0.1) is 0 Å². The normalized spacial score (nSPS) is 16.2. The lowest BCUT2D eigenvalue weighted by Crippen LogP contribution is -2.31. The Morgan fingerprint density at radius 2 is 2.25 bits per heavy atom. The molecule has 0 spiro atoms. The fourth-order valence-electron chi connectivity index (χ4n) is 0.642. The molecule has 4 nitrogen and oxygen atoms in total. The predicted octanol–water partition coefficient (Wildman–Crippen LogP) is 1.30. The van der Waals surface area contributed by atoms with Gasteiger partial charge in [0.1, 0.15) is 0 Å². The third-order valence-corrected chi connectivity index (χ3v) is 1.96. The molecule has 12 heavy (non-hydrogen) atoms. The molecule has 1 atom stereocenters. The van der Waals surface area contributed by atoms with Gasteiger partial charge in [0.05, 0.1) is 0 Å². The highest BCUT2D eigenvalue weighted by atomic mass is 35.5. The Labute approximate surface area is 77.5 Å². The molecule has 0 fully saturated rings. The number of hydrogen-bond donors (Lipinski definition) is 2. The number of allylic oxidation sites excluding steroid dienone is 1. The zero-order chi connectivity index (χ0) is 9.78. The summed E-state index contributed by atoms with van der Waals surface area (Å²) in [5.41, 5.74) is 0. The summed E-state index contributed by atoms with van der Waals surface area (Å²) >= 11 is 5.51. The van der Waals surface area contributed by atoms with Crippen LogP contribution in [-0.2, 0) is 10.3 Å². The summed E-state index contributed by atoms with van der Waals surface area (Å²) in [5.74, 6) is 0. The third kappa shape index (κ3) is 8.00. The van der Waals surface area contributed by atoms with E-state index < -0.39 is 10.3 Å². The molecule has 6 heteroatoms. The standard InChI is InChI=1S/C6H12ClNO3S/c1-5(7)3-4-6(2)8-12(9,10)11/h3,6,8H,4H2,1-2H3,(H,9,10,11)/b5-3+. The molecule has 72 valence electrons. The van der Waals surface area contributed by atoms with E-state index in [0.717, 1.165) is 0 Å². The van der Waals surface area contributed by atoms with E-state index >= 15 is 0 Å². The van der Waals surface area contributed by atoms with Crippen LogP contribution in [0.25, 0.3) is 0 Å². The van der Waals surface area contributed by atoms with Crippen molar-refractivity contribution in [1.82, 2.24) is 4.72 Å². The molecule has 1 unspecified atom stereocenters. The first-order valence-electron chi connectivity index (χ1n) is 3.38. The molecule has 0 aromatic heterocycles. The molecular formula is C6H12ClNO3S. The molecule has 0 aliphatic carbocycles. The number of nitrogens with one attached hydrogen (secondary N) is 1. The first kappa shape index (κ1) is 11.9. The minimum atomic E-state index is -4.09. The maximum absolute atomic E-state index is 10.3. The summed E-state index contributed by atoms with van der Waals surface area (Å²) in [7, 11) is -4.09. The molecule has 0 heterocycles. The van der Waals surface area contributed by atoms with Crippen LogP contribution in [0.1, 0.15) is 20.3 Å². The number of hydrogen-bond acceptors (Lipinski definition) is 2. The Balaban J connectivity index is 3.92. The Hall–Kier alpha value is -0.100. The molecule has 0 saturated heterocycles. The van der Waals surface area contributed by atoms with E-state index in [1.165, 1.54) is 0 Å². The minimum Gasteiger partial charge on any atom is -0.273 e. The average molecular weight is 214 g/mol. The zero-order valence-electron chi connectivity index (χ0n) is 6.91. The molecule has 0 rings (SSSR count). The molecule has 2 N–H and O–H groups in total. The van der Waals surface area contributed by atoms with Crippen molar-refractivity contribution in [3.8, 4) is 0 Å². The average Bonchev–Trinajstić information content (AvgIpc) is 1.79. The van der Waals surface area contributed by atoms with E-state index in [9.17, 15) is 8.42 Å². The maximum atomic E-state index is 10.3. The van der Waals surface area contributed by atoms with Crippen LogP contribution in [0, 0.1) is 0 Å². The van der Waals surface area contributed by atoms with Crippen LogP contribution in [0.5, 0.6) is 0 Å². The van der Waals surface area contributed by atoms with E-state index in [1.54, 1.807) is 19.9 Å². The lowest BCUT2D eigenvalue weighted by molar-refractivity contribution is 0.456. The molecule has 0 bridgehead atoms. The van der Waals surface area contributed by atoms with Gasteiger partial charge in [-0.25, -0.2) is 0 Å². The largest absolute Gasteiger partial charge is 0.333 e. The van der Waals surface area contributed by atoms with Crippen molar-refractivity contribution in [3.63, 3.8) is 0 Å². The van der Waals surface area contributed by atoms with Crippen molar-refractivity contribution in [2.75, 3.05) is 0 Å². The summed E-state index contributed by atoms with van der Waals surface area (Å²) in [6.45, 7) is 3.33. The number of rotatable bonds is 4. The molecule has 0 radical (unpaired) electrons. The van der Waals surface area contributed by atoms with Gasteiger partial charge < -0.3 is 0 Å². The van der Waals surface area contributed by atoms with Gasteiger partial charge in [0.2, 0.25) is 0 Å². The van der Waals surface area contributed by atoms with Crippen molar-refractivity contribution in [2.24, 2.45) is 0 Å². The molecule has 0 aliphatic heterocycles. The molecule has 0 aromatic rings. The van der Waals surface area contributed by atoms with Crippen LogP contribution >= 0.6 is 11.6 Å². The van der Waals surface area contributed by atoms with Gasteiger partial charge in [-0.3, -0.25) is 4.55 Å². The van der Waals surface area contributed by atoms with Gasteiger partial charge in [0.25, 0.3) is 0 Å². The van der Waals surface area contributed by atoms with Gasteiger partial charge >= 0.3 is 10.3 Å². The van der Waals surface area contributed by atoms with Crippen molar-refractivity contribution in [1.29, 1.82) is 0 Å². The smallest absolute Gasteiger partial charge is 0.273 e. The summed E-state index contributed by atoms with van der Waals surface area (Å²) in [6.07, 6.45) is 2.12. The SMILES string of the molecule is C/C(Cl)=C\CC(C)NS(=O)(=O)O. The van der Waals surface area contributed by atoms with Gasteiger partial charge in [-0.2, -0.15) is 13.1 Å². The zero-order valence-corrected chi connectivity index (χ0v) is 8.48. The van der Waals surface area contributed by atoms with E-state index in [-0.39, 0.29) is 6.04 Å². The lowest BCUT2D eigenvalue weighted by Gasteiger charge is -2.07. The van der Waals surface area contributed by atoms with E-state index in [1.807, 2.05) is 4.72 Å². The van der Waals surface area contributed by atoms with E-state index in [4.69, 9.17) is 16.2 Å². The van der Waals surface area contributed by atoms with Crippen LogP contribution in [-0.4, -0.2) is 19.0 Å². The van der Waals surface area contributed by atoms with Crippen molar-refractivity contribution < 1.29 is 13.0 Å². The fraction of sp³-hybridized carbons (Fsp3) is 0.667. The second-order valence-electron chi connectivity index (χ2n) is 2.52. The summed E-state index contributed by atoms with van der Waals surface area (Å²) in [4.78, 5) is 0. The van der Waals surface area contributed by atoms with Gasteiger partial charge in [-0.1, -0.05) is 17.7 Å². The monoisotopic (exact) mass is 213 g/mol. The van der Waals surface area contributed by atoms with Crippen LogP contribution in [0.3, 0.4) is 0 Å². The Morgan fingerprint density at radius 1 is 1.75 bits per heavy atom. The molecule has 0 saturated carbocycles. The maximum Gasteiger partial charge on any atom is 0.333 e. The van der Waals surface area contributed by atoms with E-state index in [0.29, 0.717) is 11.5 Å². The minimum absolute atomic E-state index is 0.353. The van der Waals surface area contributed by atoms with Crippen LogP contribution in [0.2, 0.25) is 0 Å². The predicted molar refractivity (Wildman–Crippen MR) is 48.4 cm³/mol. The highest BCUT2D eigenvalue weighted by Crippen LogP contribution is 2.02. The first-order chi connectivity index (χ1) is 5.31. The van der Waals surface area contributed by atoms with Gasteiger partial charge in [0.15, 0.2) is 0 Å². The van der Waals surface area contributed by atoms with Gasteiger partial charge in [-0.05, 0) is 20.3 Å². The van der Waals surface area contributed by atoms with Crippen molar-refractivity contribution in [3.05, 3.63) is 11.1 Å². The molecular weight excluding hydrogens is 202 g/mol. The quantitative estimate of drug-likeness (QED) is 0.692. The van der Waals surface area contributed by atoms with E-state index in [2.05, 4.69) is 0 Å². The molecule has 0 aliphatic rings. The highest BCUT2D eigenvalue weighted by Gasteiger charge is 2.08. The summed E-state index contributed by atoms with van der Waals surface area (Å²) in [5, 5.41) is 0.596. The van der Waals surface area contributed by atoms with Crippen molar-refractivity contribution in [2.45, 2.75) is 26.3 Å². The number of halogens is 1. The van der Waals surface area contributed by atoms with Crippen LogP contribution in [0.15, 0.2) is 11.1 Å². The Bertz CT molecular complexity index is 256. The highest BCUT2D eigenvalue weighted by molar-refractivity contribution is 7.83. The van der Waals surface area contributed by atoms with Crippen LogP contribution in [0.4, 0.5) is 0 Å². The fourth-order valence-corrected chi connectivity index (χ4v) is 1.34. The second-order valence-corrected chi connectivity index (χ2v) is 4.30. The lowest BCUT2D eigenvalue weighted by atomic mass is 10.2. The Kier molecular flexibility index (Phi) is 4.77. The summed E-state index contributed by atoms with van der Waals surface area (Å²) < 4.78 is 30.9. The summed E-state index contributed by atoms with van der Waals surface area (Å²) in [6, 6.07) is -0.353. The first-order valence-corrected chi connectivity index (χ1v) is 5.20. The van der Waals surface area contributed by atoms with Crippen molar-refractivity contribution >= 4 is 21.9 Å². The third-order valence-electron chi connectivity index (χ3n) is 1.10. The Morgan fingerprint density at radius 3 is 2.58 bits per heavy atom.